The van der Waals surface area contributed by atoms with Gasteiger partial charge in [-0.15, -0.1) is 0 Å². The van der Waals surface area contributed by atoms with E-state index < -0.39 is 0 Å². The molecule has 1 aromatic heterocycles. The number of para-hydroxylation sites is 2. The minimum absolute atomic E-state index is 0. The molecule has 3 aromatic rings. The van der Waals surface area contributed by atoms with Gasteiger partial charge in [-0.25, -0.2) is 0 Å². The van der Waals surface area contributed by atoms with E-state index in [2.05, 4.69) is 30.3 Å². The number of benzene rings is 2. The normalized spacial score (nSPS) is 22.5. The number of likely N-dealkylation sites (N-methyl/N-ethyl adjacent to an activating group) is 1. The Bertz CT molecular complexity index is 952. The molecule has 0 spiro atoms. The molecule has 0 amide bonds. The van der Waals surface area contributed by atoms with Crippen molar-refractivity contribution < 1.29 is 32.9 Å². The van der Waals surface area contributed by atoms with Crippen molar-refractivity contribution in [2.45, 2.75) is 32.2 Å². The van der Waals surface area contributed by atoms with Crippen molar-refractivity contribution in [1.82, 2.24) is 4.98 Å². The summed E-state index contributed by atoms with van der Waals surface area (Å²) in [5.41, 5.74) is 3.00. The number of halogens is 3. The van der Waals surface area contributed by atoms with Gasteiger partial charge in [-0.05, 0) is 61.9 Å². The summed E-state index contributed by atoms with van der Waals surface area (Å²) < 4.78 is 6.89. The number of rotatable bonds is 6. The summed E-state index contributed by atoms with van der Waals surface area (Å²) in [6.45, 7) is 5.63. The average molecular weight is 560 g/mol. The van der Waals surface area contributed by atoms with Crippen LogP contribution in [0.4, 0.5) is 6.01 Å². The van der Waals surface area contributed by atoms with Gasteiger partial charge in [0.25, 0.3) is 6.01 Å². The van der Waals surface area contributed by atoms with Crippen LogP contribution in [0.2, 0.25) is 10.0 Å². The van der Waals surface area contributed by atoms with E-state index in [1.807, 2.05) is 36.4 Å². The second-order valence-corrected chi connectivity index (χ2v) is 9.49. The molecular formula is C23H28Cl2IN3O. The van der Waals surface area contributed by atoms with Crippen molar-refractivity contribution in [3.8, 4) is 0 Å². The van der Waals surface area contributed by atoms with Gasteiger partial charge >= 0.3 is 0 Å². The van der Waals surface area contributed by atoms with Gasteiger partial charge in [-0.1, -0.05) is 41.4 Å². The molecule has 1 atom stereocenters. The summed E-state index contributed by atoms with van der Waals surface area (Å²) >= 11 is 12.2. The van der Waals surface area contributed by atoms with Crippen molar-refractivity contribution in [3.05, 3.63) is 58.1 Å². The van der Waals surface area contributed by atoms with E-state index in [1.54, 1.807) is 0 Å². The molecule has 0 aliphatic carbocycles. The van der Waals surface area contributed by atoms with Crippen LogP contribution in [0.15, 0.2) is 46.9 Å². The maximum absolute atomic E-state index is 6.17. The van der Waals surface area contributed by atoms with E-state index in [4.69, 9.17) is 27.6 Å². The highest BCUT2D eigenvalue weighted by atomic mass is 127. The number of oxazole rings is 1. The third-order valence-corrected chi connectivity index (χ3v) is 6.78. The van der Waals surface area contributed by atoms with Gasteiger partial charge in [0.1, 0.15) is 5.52 Å². The number of likely N-dealkylation sites (tertiary alicyclic amines) is 1. The Kier molecular flexibility index (Phi) is 7.93. The first-order chi connectivity index (χ1) is 13.9. The molecule has 2 heterocycles. The molecule has 162 valence electrons. The Hall–Kier alpha value is -1.02. The van der Waals surface area contributed by atoms with Crippen molar-refractivity contribution >= 4 is 40.3 Å². The van der Waals surface area contributed by atoms with Crippen LogP contribution >= 0.6 is 23.2 Å². The molecule has 1 aliphatic rings. The lowest BCUT2D eigenvalue weighted by atomic mass is 9.89. The van der Waals surface area contributed by atoms with Gasteiger partial charge in [0.2, 0.25) is 0 Å². The van der Waals surface area contributed by atoms with Crippen LogP contribution in [0.3, 0.4) is 0 Å². The number of nitrogens with one attached hydrogen (secondary N) is 1. The van der Waals surface area contributed by atoms with Gasteiger partial charge in [-0.3, -0.25) is 0 Å². The van der Waals surface area contributed by atoms with E-state index >= 15 is 0 Å². The van der Waals surface area contributed by atoms with Crippen molar-refractivity contribution in [1.29, 1.82) is 0 Å². The quantitative estimate of drug-likeness (QED) is 0.373. The summed E-state index contributed by atoms with van der Waals surface area (Å²) in [6.07, 6.45) is 3.53. The van der Waals surface area contributed by atoms with E-state index in [0.29, 0.717) is 28.0 Å². The highest BCUT2D eigenvalue weighted by molar-refractivity contribution is 6.42. The maximum Gasteiger partial charge on any atom is 0.296 e. The first-order valence-electron chi connectivity index (χ1n) is 10.3. The lowest BCUT2D eigenvalue weighted by molar-refractivity contribution is -0.915. The minimum atomic E-state index is 0. The zero-order valence-corrected chi connectivity index (χ0v) is 21.0. The molecule has 0 radical (unpaired) electrons. The maximum atomic E-state index is 6.17. The predicted molar refractivity (Wildman–Crippen MR) is 121 cm³/mol. The van der Waals surface area contributed by atoms with Crippen molar-refractivity contribution in [2.75, 3.05) is 32.0 Å². The average Bonchev–Trinajstić information content (AvgIpc) is 3.08. The summed E-state index contributed by atoms with van der Waals surface area (Å²) in [5.74, 6) is 0.707. The first-order valence-corrected chi connectivity index (χ1v) is 11.1. The molecule has 2 aromatic carbocycles. The standard InChI is InChI=1S/C23H28Cl2N3O.HI/c1-16(26-23-27-21-5-3-4-6-22(21)29-23)15-28(2)11-9-17(10-12-28)13-18-7-8-19(24)20(25)14-18;/h3-8,14,16-17H,9-13,15H2,1-2H3,(H,26,27);1H/q+1;/p-1. The van der Waals surface area contributed by atoms with Gasteiger partial charge < -0.3 is 38.2 Å². The SMILES string of the molecule is CC(C[N+]1(C)CCC(Cc2ccc(Cl)c(Cl)c2)CC1)Nc1nc2ccccc2o1.[I-]. The molecule has 30 heavy (non-hydrogen) atoms. The van der Waals surface area contributed by atoms with E-state index in [9.17, 15) is 0 Å². The number of nitrogens with zero attached hydrogens (tertiary/aromatic N) is 2. The van der Waals surface area contributed by atoms with Gasteiger partial charge in [0.15, 0.2) is 5.58 Å². The van der Waals surface area contributed by atoms with Crippen LogP contribution < -0.4 is 29.3 Å². The van der Waals surface area contributed by atoms with Gasteiger partial charge in [0, 0.05) is 0 Å². The molecule has 1 unspecified atom stereocenters. The van der Waals surface area contributed by atoms with Crippen LogP contribution in [0.25, 0.3) is 11.1 Å². The lowest BCUT2D eigenvalue weighted by Crippen LogP contribution is -3.00. The number of piperidine rings is 1. The Morgan fingerprint density at radius 2 is 1.87 bits per heavy atom. The number of anilines is 1. The minimum Gasteiger partial charge on any atom is -1.00 e. The fourth-order valence-electron chi connectivity index (χ4n) is 4.48. The van der Waals surface area contributed by atoms with E-state index in [-0.39, 0.29) is 24.0 Å². The van der Waals surface area contributed by atoms with E-state index in [0.717, 1.165) is 28.5 Å². The lowest BCUT2D eigenvalue weighted by Gasteiger charge is -2.42. The first kappa shape index (κ1) is 23.6. The van der Waals surface area contributed by atoms with E-state index in [1.165, 1.54) is 31.5 Å². The third kappa shape index (κ3) is 5.81. The Morgan fingerprint density at radius 1 is 1.13 bits per heavy atom. The molecule has 7 heteroatoms. The second kappa shape index (κ2) is 10.1. The Balaban J connectivity index is 0.00000256. The van der Waals surface area contributed by atoms with Gasteiger partial charge in [0.05, 0.1) is 42.8 Å². The van der Waals surface area contributed by atoms with Crippen LogP contribution in [-0.4, -0.2) is 42.2 Å². The molecule has 0 saturated carbocycles. The Morgan fingerprint density at radius 3 is 2.57 bits per heavy atom. The molecule has 0 bridgehead atoms. The van der Waals surface area contributed by atoms with Crippen molar-refractivity contribution in [2.24, 2.45) is 5.92 Å². The monoisotopic (exact) mass is 559 g/mol. The van der Waals surface area contributed by atoms with Crippen LogP contribution in [0, 0.1) is 5.92 Å². The second-order valence-electron chi connectivity index (χ2n) is 8.68. The fourth-order valence-corrected chi connectivity index (χ4v) is 4.80. The number of aromatic nitrogens is 1. The predicted octanol–water partition coefficient (Wildman–Crippen LogP) is 3.04. The van der Waals surface area contributed by atoms with Crippen LogP contribution in [0.5, 0.6) is 0 Å². The highest BCUT2D eigenvalue weighted by Crippen LogP contribution is 2.29. The summed E-state index contributed by atoms with van der Waals surface area (Å²) in [4.78, 5) is 4.54. The topological polar surface area (TPSA) is 38.1 Å². The zero-order valence-electron chi connectivity index (χ0n) is 17.4. The van der Waals surface area contributed by atoms with Crippen molar-refractivity contribution in [3.63, 3.8) is 0 Å². The third-order valence-electron chi connectivity index (χ3n) is 6.04. The molecule has 4 nitrogen and oxygen atoms in total. The van der Waals surface area contributed by atoms with Crippen LogP contribution in [-0.2, 0) is 6.42 Å². The summed E-state index contributed by atoms with van der Waals surface area (Å²) in [5, 5.41) is 4.73. The van der Waals surface area contributed by atoms with Crippen LogP contribution in [0.1, 0.15) is 25.3 Å². The summed E-state index contributed by atoms with van der Waals surface area (Å²) in [7, 11) is 2.36. The highest BCUT2D eigenvalue weighted by Gasteiger charge is 2.31. The zero-order chi connectivity index (χ0) is 20.4. The molecule has 1 fully saturated rings. The number of hydrogen-bond acceptors (Lipinski definition) is 3. The largest absolute Gasteiger partial charge is 1.00 e. The molecule has 1 saturated heterocycles. The smallest absolute Gasteiger partial charge is 0.296 e. The molecule has 4 rings (SSSR count). The number of hydrogen-bond donors (Lipinski definition) is 1. The van der Waals surface area contributed by atoms with Gasteiger partial charge in [-0.2, -0.15) is 4.98 Å². The fraction of sp³-hybridized carbons (Fsp3) is 0.435. The summed E-state index contributed by atoms with van der Waals surface area (Å²) in [6, 6.07) is 14.8. The number of fused-ring (bicyclic) bond motifs is 1. The molecular weight excluding hydrogens is 532 g/mol. The Labute approximate surface area is 205 Å². The molecule has 1 N–H and O–H groups in total. The number of quaternary nitrogens is 1. The molecule has 1 aliphatic heterocycles.